The molecule has 3 heterocycles. The van der Waals surface area contributed by atoms with E-state index < -0.39 is 17.5 Å². The monoisotopic (exact) mass is 474 g/mol. The summed E-state index contributed by atoms with van der Waals surface area (Å²) >= 11 is 6.10. The number of nitrogens with one attached hydrogen (secondary N) is 1. The number of fused-ring (bicyclic) bond motifs is 1. The van der Waals surface area contributed by atoms with Crippen molar-refractivity contribution in [1.82, 2.24) is 24.6 Å². The van der Waals surface area contributed by atoms with Crippen LogP contribution in [0.15, 0.2) is 42.9 Å². The number of nitrogen functional groups attached to an aromatic ring is 1. The van der Waals surface area contributed by atoms with E-state index in [0.29, 0.717) is 0 Å². The van der Waals surface area contributed by atoms with Crippen LogP contribution in [0.4, 0.5) is 24.8 Å². The molecule has 0 unspecified atom stereocenters. The second-order valence-electron chi connectivity index (χ2n) is 7.13. The van der Waals surface area contributed by atoms with Gasteiger partial charge in [-0.2, -0.15) is 23.5 Å². The van der Waals surface area contributed by atoms with E-state index in [-0.39, 0.29) is 44.8 Å². The number of hydrogen-bond donors (Lipinski definition) is 3. The van der Waals surface area contributed by atoms with Crippen molar-refractivity contribution in [2.24, 2.45) is 0 Å². The molecule has 4 N–H and O–H groups in total. The normalized spacial score (nSPS) is 13.5. The van der Waals surface area contributed by atoms with Crippen LogP contribution in [0.1, 0.15) is 23.6 Å². The lowest BCUT2D eigenvalue weighted by molar-refractivity contribution is -0.137. The van der Waals surface area contributed by atoms with Crippen LogP contribution < -0.4 is 11.1 Å². The summed E-state index contributed by atoms with van der Waals surface area (Å²) in [6, 6.07) is 7.72. The van der Waals surface area contributed by atoms with Crippen molar-refractivity contribution in [2.45, 2.75) is 18.8 Å². The summed E-state index contributed by atoms with van der Waals surface area (Å²) in [7, 11) is 0. The highest BCUT2D eigenvalue weighted by molar-refractivity contribution is 6.29. The van der Waals surface area contributed by atoms with Gasteiger partial charge in [-0.15, -0.1) is 0 Å². The van der Waals surface area contributed by atoms with Crippen molar-refractivity contribution in [3.8, 4) is 17.3 Å². The number of nitrogens with two attached hydrogens (primary N) is 1. The predicted molar refractivity (Wildman–Crippen MR) is 113 cm³/mol. The number of imidazole rings is 1. The van der Waals surface area contributed by atoms with E-state index in [1.54, 1.807) is 0 Å². The highest BCUT2D eigenvalue weighted by Gasteiger charge is 2.33. The van der Waals surface area contributed by atoms with Gasteiger partial charge in [0.1, 0.15) is 23.8 Å². The predicted octanol–water partition coefficient (Wildman–Crippen LogP) is 3.59. The highest BCUT2D eigenvalue weighted by Crippen LogP contribution is 2.36. The molecule has 0 radical (unpaired) electrons. The van der Waals surface area contributed by atoms with Crippen LogP contribution in [-0.4, -0.2) is 29.7 Å². The Kier molecular flexibility index (Phi) is 5.31. The third-order valence-corrected chi connectivity index (χ3v) is 5.05. The van der Waals surface area contributed by atoms with Crippen LogP contribution in [0.2, 0.25) is 5.15 Å². The molecule has 33 heavy (non-hydrogen) atoms. The molecule has 0 aliphatic carbocycles. The third kappa shape index (κ3) is 4.11. The maximum absolute atomic E-state index is 13.3. The van der Waals surface area contributed by atoms with Gasteiger partial charge in [-0.05, 0) is 25.1 Å². The number of benzene rings is 1. The van der Waals surface area contributed by atoms with Gasteiger partial charge < -0.3 is 16.2 Å². The SMILES string of the molecule is C[C@](O)(Nc1ncnc(N)c1C#N)c1cc2ncc(Cl)n2nc1-c1cccc(C(F)(F)F)c1. The summed E-state index contributed by atoms with van der Waals surface area (Å²) in [4.78, 5) is 11.8. The van der Waals surface area contributed by atoms with Crippen LogP contribution in [0.25, 0.3) is 16.9 Å². The lowest BCUT2D eigenvalue weighted by Crippen LogP contribution is -2.33. The molecule has 3 aromatic heterocycles. The average Bonchev–Trinajstić information content (AvgIpc) is 3.12. The molecule has 0 amide bonds. The minimum atomic E-state index is -4.59. The molecule has 0 spiro atoms. The van der Waals surface area contributed by atoms with Crippen molar-refractivity contribution in [2.75, 3.05) is 11.1 Å². The molecule has 4 aromatic rings. The van der Waals surface area contributed by atoms with Gasteiger partial charge in [0.2, 0.25) is 0 Å². The van der Waals surface area contributed by atoms with Gasteiger partial charge in [-0.3, -0.25) is 0 Å². The number of aromatic nitrogens is 5. The van der Waals surface area contributed by atoms with E-state index in [1.165, 1.54) is 35.8 Å². The van der Waals surface area contributed by atoms with E-state index in [1.807, 2.05) is 6.07 Å². The fourth-order valence-corrected chi connectivity index (χ4v) is 3.39. The maximum Gasteiger partial charge on any atom is 0.416 e. The molecule has 13 heteroatoms. The Morgan fingerprint density at radius 2 is 1.97 bits per heavy atom. The van der Waals surface area contributed by atoms with Crippen LogP contribution in [0.3, 0.4) is 0 Å². The number of rotatable bonds is 4. The Labute approximate surface area is 189 Å². The Bertz CT molecular complexity index is 1410. The highest BCUT2D eigenvalue weighted by atomic mass is 35.5. The van der Waals surface area contributed by atoms with E-state index in [4.69, 9.17) is 17.3 Å². The lowest BCUT2D eigenvalue weighted by Gasteiger charge is -2.28. The van der Waals surface area contributed by atoms with Gasteiger partial charge in [0.05, 0.1) is 17.5 Å². The zero-order chi connectivity index (χ0) is 24.0. The molecule has 0 saturated carbocycles. The van der Waals surface area contributed by atoms with Gasteiger partial charge in [0, 0.05) is 11.1 Å². The number of anilines is 2. The first-order valence-electron chi connectivity index (χ1n) is 9.25. The summed E-state index contributed by atoms with van der Waals surface area (Å²) in [6.45, 7) is 1.32. The molecule has 1 atom stereocenters. The summed E-state index contributed by atoms with van der Waals surface area (Å²) in [6.07, 6.45) is -2.18. The fraction of sp³-hybridized carbons (Fsp3) is 0.150. The largest absolute Gasteiger partial charge is 0.416 e. The number of hydrogen-bond acceptors (Lipinski definition) is 8. The first kappa shape index (κ1) is 22.3. The molecule has 4 rings (SSSR count). The third-order valence-electron chi connectivity index (χ3n) is 4.79. The Hall–Kier alpha value is -3.95. The fourth-order valence-electron chi connectivity index (χ4n) is 3.22. The molecular formula is C20H14ClF3N8O. The number of halogens is 4. The molecule has 9 nitrogen and oxygen atoms in total. The number of aliphatic hydroxyl groups is 1. The van der Waals surface area contributed by atoms with Crippen molar-refractivity contribution in [1.29, 1.82) is 5.26 Å². The van der Waals surface area contributed by atoms with Crippen molar-refractivity contribution >= 4 is 28.9 Å². The van der Waals surface area contributed by atoms with Crippen LogP contribution in [0.5, 0.6) is 0 Å². The Balaban J connectivity index is 1.92. The Morgan fingerprint density at radius 1 is 1.21 bits per heavy atom. The van der Waals surface area contributed by atoms with Crippen LogP contribution >= 0.6 is 11.6 Å². The maximum atomic E-state index is 13.3. The minimum absolute atomic E-state index is 0.00784. The lowest BCUT2D eigenvalue weighted by atomic mass is 9.97. The van der Waals surface area contributed by atoms with E-state index >= 15 is 0 Å². The van der Waals surface area contributed by atoms with Gasteiger partial charge >= 0.3 is 6.18 Å². The number of nitriles is 1. The van der Waals surface area contributed by atoms with Crippen molar-refractivity contribution in [3.63, 3.8) is 0 Å². The number of alkyl halides is 3. The molecule has 0 bridgehead atoms. The van der Waals surface area contributed by atoms with E-state index in [9.17, 15) is 23.5 Å². The van der Waals surface area contributed by atoms with Crippen molar-refractivity contribution in [3.05, 3.63) is 64.7 Å². The summed E-state index contributed by atoms with van der Waals surface area (Å²) < 4.78 is 41.2. The van der Waals surface area contributed by atoms with Crippen LogP contribution in [0, 0.1) is 11.3 Å². The summed E-state index contributed by atoms with van der Waals surface area (Å²) in [5.74, 6) is -0.191. The molecule has 0 aliphatic rings. The minimum Gasteiger partial charge on any atom is -0.382 e. The first-order chi connectivity index (χ1) is 15.5. The Morgan fingerprint density at radius 3 is 2.67 bits per heavy atom. The second-order valence-corrected chi connectivity index (χ2v) is 7.51. The topological polar surface area (TPSA) is 138 Å². The molecule has 0 aliphatic heterocycles. The second kappa shape index (κ2) is 7.88. The summed E-state index contributed by atoms with van der Waals surface area (Å²) in [5, 5.41) is 27.8. The molecule has 1 aromatic carbocycles. The van der Waals surface area contributed by atoms with Gasteiger partial charge in [0.15, 0.2) is 22.3 Å². The van der Waals surface area contributed by atoms with Gasteiger partial charge in [-0.25, -0.2) is 19.5 Å². The zero-order valence-electron chi connectivity index (χ0n) is 16.8. The molecule has 168 valence electrons. The number of nitrogens with zero attached hydrogens (tertiary/aromatic N) is 6. The standard InChI is InChI=1S/C20H14ClF3N8O/c1-19(33,30-18-12(7-25)17(26)28-9-29-18)13-6-15-27-8-14(21)32(15)31-16(13)10-3-2-4-11(5-10)20(22,23)24/h2-6,8-9,33H,1H3,(H3,26,28,29,30)/t19-/m1/s1. The summed E-state index contributed by atoms with van der Waals surface area (Å²) in [5.41, 5.74) is 3.05. The first-order valence-corrected chi connectivity index (χ1v) is 9.62. The van der Waals surface area contributed by atoms with Crippen LogP contribution in [-0.2, 0) is 11.9 Å². The van der Waals surface area contributed by atoms with E-state index in [2.05, 4.69) is 25.4 Å². The molecule has 0 fully saturated rings. The zero-order valence-corrected chi connectivity index (χ0v) is 17.5. The van der Waals surface area contributed by atoms with Crippen molar-refractivity contribution < 1.29 is 18.3 Å². The average molecular weight is 475 g/mol. The quantitative estimate of drug-likeness (QED) is 0.381. The van der Waals surface area contributed by atoms with Gasteiger partial charge in [-0.1, -0.05) is 23.7 Å². The van der Waals surface area contributed by atoms with E-state index in [0.717, 1.165) is 18.5 Å². The molecule has 0 saturated heterocycles. The molecular weight excluding hydrogens is 461 g/mol. The smallest absolute Gasteiger partial charge is 0.382 e. The van der Waals surface area contributed by atoms with Gasteiger partial charge in [0.25, 0.3) is 0 Å².